The van der Waals surface area contributed by atoms with Gasteiger partial charge in [0.2, 0.25) is 0 Å². The van der Waals surface area contributed by atoms with Gasteiger partial charge in [0.05, 0.1) is 0 Å². The molecule has 2 rings (SSSR count). The molecule has 0 saturated heterocycles. The van der Waals surface area contributed by atoms with E-state index in [0.717, 1.165) is 18.4 Å². The minimum absolute atomic E-state index is 0.158. The molecule has 1 heterocycles. The second-order valence-electron chi connectivity index (χ2n) is 3.33. The van der Waals surface area contributed by atoms with Crippen LogP contribution < -0.4 is 5.73 Å². The molecule has 0 radical (unpaired) electrons. The van der Waals surface area contributed by atoms with E-state index in [-0.39, 0.29) is 5.41 Å². The number of rotatable bonds is 2. The van der Waals surface area contributed by atoms with Crippen LogP contribution in [0.25, 0.3) is 0 Å². The smallest absolute Gasteiger partial charge is 0.132 e. The predicted molar refractivity (Wildman–Crippen MR) is 49.2 cm³/mol. The fraction of sp³-hybridized carbons (Fsp3) is 0.444. The average Bonchev–Trinajstić information content (AvgIpc) is 2.86. The van der Waals surface area contributed by atoms with Gasteiger partial charge in [0.1, 0.15) is 5.15 Å². The van der Waals surface area contributed by atoms with Crippen molar-refractivity contribution in [2.75, 3.05) is 6.54 Å². The Morgan fingerprint density at radius 2 is 2.33 bits per heavy atom. The first-order valence-corrected chi connectivity index (χ1v) is 4.47. The number of nitrogens with zero attached hydrogens (tertiary/aromatic N) is 1. The van der Waals surface area contributed by atoms with Gasteiger partial charge in [0.25, 0.3) is 0 Å². The van der Waals surface area contributed by atoms with Crippen LogP contribution >= 0.6 is 11.6 Å². The van der Waals surface area contributed by atoms with Crippen LogP contribution in [0.2, 0.25) is 5.15 Å². The van der Waals surface area contributed by atoms with Crippen LogP contribution in [0.15, 0.2) is 18.3 Å². The van der Waals surface area contributed by atoms with Crippen molar-refractivity contribution in [2.45, 2.75) is 18.3 Å². The molecular formula is C9H11ClN2. The monoisotopic (exact) mass is 182 g/mol. The number of nitrogens with two attached hydrogens (primary N) is 1. The van der Waals surface area contributed by atoms with Crippen molar-refractivity contribution in [1.29, 1.82) is 0 Å². The van der Waals surface area contributed by atoms with E-state index >= 15 is 0 Å². The van der Waals surface area contributed by atoms with Crippen LogP contribution in [-0.2, 0) is 5.41 Å². The number of hydrogen-bond acceptors (Lipinski definition) is 2. The molecule has 64 valence electrons. The Morgan fingerprint density at radius 1 is 1.58 bits per heavy atom. The van der Waals surface area contributed by atoms with E-state index in [9.17, 15) is 0 Å². The minimum Gasteiger partial charge on any atom is -0.330 e. The predicted octanol–water partition coefficient (Wildman–Crippen LogP) is 1.73. The highest BCUT2D eigenvalue weighted by Gasteiger charge is 2.44. The molecule has 0 spiro atoms. The standard InChI is InChI=1S/C9H11ClN2/c10-8-7(2-1-5-12-8)9(6-11)3-4-9/h1-2,5H,3-4,6,11H2. The summed E-state index contributed by atoms with van der Waals surface area (Å²) in [4.78, 5) is 4.04. The van der Waals surface area contributed by atoms with E-state index in [1.807, 2.05) is 12.1 Å². The molecule has 1 aliphatic rings. The maximum absolute atomic E-state index is 5.96. The summed E-state index contributed by atoms with van der Waals surface area (Å²) in [5.74, 6) is 0. The molecule has 12 heavy (non-hydrogen) atoms. The van der Waals surface area contributed by atoms with Crippen molar-refractivity contribution in [1.82, 2.24) is 4.98 Å². The summed E-state index contributed by atoms with van der Waals surface area (Å²) in [6.07, 6.45) is 4.00. The quantitative estimate of drug-likeness (QED) is 0.708. The molecular weight excluding hydrogens is 172 g/mol. The highest BCUT2D eigenvalue weighted by Crippen LogP contribution is 2.48. The maximum Gasteiger partial charge on any atom is 0.132 e. The second-order valence-corrected chi connectivity index (χ2v) is 3.68. The molecule has 0 unspecified atom stereocenters. The van der Waals surface area contributed by atoms with Crippen molar-refractivity contribution in [2.24, 2.45) is 5.73 Å². The summed E-state index contributed by atoms with van der Waals surface area (Å²) < 4.78 is 0. The average molecular weight is 183 g/mol. The summed E-state index contributed by atoms with van der Waals surface area (Å²) >= 11 is 5.96. The van der Waals surface area contributed by atoms with Crippen molar-refractivity contribution in [3.63, 3.8) is 0 Å². The Balaban J connectivity index is 2.40. The Bertz CT molecular complexity index is 294. The Hall–Kier alpha value is -0.600. The molecule has 2 N–H and O–H groups in total. The Morgan fingerprint density at radius 3 is 2.83 bits per heavy atom. The molecule has 1 aromatic rings. The number of aromatic nitrogens is 1. The molecule has 0 aromatic carbocycles. The van der Waals surface area contributed by atoms with Gasteiger partial charge in [-0.3, -0.25) is 0 Å². The van der Waals surface area contributed by atoms with Crippen molar-refractivity contribution in [3.05, 3.63) is 29.0 Å². The van der Waals surface area contributed by atoms with Crippen LogP contribution in [0, 0.1) is 0 Å². The van der Waals surface area contributed by atoms with Gasteiger partial charge in [0.15, 0.2) is 0 Å². The maximum atomic E-state index is 5.96. The minimum atomic E-state index is 0.158. The van der Waals surface area contributed by atoms with Crippen LogP contribution in [-0.4, -0.2) is 11.5 Å². The molecule has 1 aromatic heterocycles. The molecule has 0 amide bonds. The van der Waals surface area contributed by atoms with E-state index in [1.165, 1.54) is 0 Å². The summed E-state index contributed by atoms with van der Waals surface area (Å²) in [5.41, 5.74) is 6.96. The fourth-order valence-corrected chi connectivity index (χ4v) is 1.84. The van der Waals surface area contributed by atoms with E-state index in [2.05, 4.69) is 4.98 Å². The molecule has 1 saturated carbocycles. The van der Waals surface area contributed by atoms with Gasteiger partial charge in [-0.05, 0) is 24.5 Å². The number of halogens is 1. The normalized spacial score (nSPS) is 19.2. The third kappa shape index (κ3) is 1.11. The zero-order valence-corrected chi connectivity index (χ0v) is 7.51. The lowest BCUT2D eigenvalue weighted by Crippen LogP contribution is -2.20. The van der Waals surface area contributed by atoms with Gasteiger partial charge < -0.3 is 5.73 Å². The first-order valence-electron chi connectivity index (χ1n) is 4.10. The van der Waals surface area contributed by atoms with E-state index in [4.69, 9.17) is 17.3 Å². The topological polar surface area (TPSA) is 38.9 Å². The Labute approximate surface area is 76.7 Å². The largest absolute Gasteiger partial charge is 0.330 e. The van der Waals surface area contributed by atoms with Gasteiger partial charge in [0, 0.05) is 18.2 Å². The van der Waals surface area contributed by atoms with Crippen molar-refractivity contribution >= 4 is 11.6 Å². The highest BCUT2D eigenvalue weighted by molar-refractivity contribution is 6.30. The molecule has 2 nitrogen and oxygen atoms in total. The van der Waals surface area contributed by atoms with Crippen LogP contribution in [0.4, 0.5) is 0 Å². The van der Waals surface area contributed by atoms with Crippen LogP contribution in [0.1, 0.15) is 18.4 Å². The van der Waals surface area contributed by atoms with Gasteiger partial charge in [-0.15, -0.1) is 0 Å². The summed E-state index contributed by atoms with van der Waals surface area (Å²) in [5, 5.41) is 0.612. The summed E-state index contributed by atoms with van der Waals surface area (Å²) in [6, 6.07) is 3.94. The van der Waals surface area contributed by atoms with E-state index < -0.39 is 0 Å². The lowest BCUT2D eigenvalue weighted by molar-refractivity contribution is 0.701. The molecule has 0 aliphatic heterocycles. The third-order valence-electron chi connectivity index (χ3n) is 2.57. The second kappa shape index (κ2) is 2.71. The number of hydrogen-bond donors (Lipinski definition) is 1. The zero-order chi connectivity index (χ0) is 8.60. The molecule has 3 heteroatoms. The molecule has 0 atom stereocenters. The SMILES string of the molecule is NCC1(c2cccnc2Cl)CC1. The Kier molecular flexibility index (Phi) is 1.81. The van der Waals surface area contributed by atoms with Crippen LogP contribution in [0.5, 0.6) is 0 Å². The van der Waals surface area contributed by atoms with E-state index in [0.29, 0.717) is 11.7 Å². The highest BCUT2D eigenvalue weighted by atomic mass is 35.5. The zero-order valence-electron chi connectivity index (χ0n) is 6.76. The van der Waals surface area contributed by atoms with Gasteiger partial charge >= 0.3 is 0 Å². The van der Waals surface area contributed by atoms with Gasteiger partial charge in [-0.2, -0.15) is 0 Å². The van der Waals surface area contributed by atoms with Gasteiger partial charge in [-0.1, -0.05) is 17.7 Å². The summed E-state index contributed by atoms with van der Waals surface area (Å²) in [7, 11) is 0. The van der Waals surface area contributed by atoms with Crippen molar-refractivity contribution in [3.8, 4) is 0 Å². The van der Waals surface area contributed by atoms with Gasteiger partial charge in [-0.25, -0.2) is 4.98 Å². The number of pyridine rings is 1. The third-order valence-corrected chi connectivity index (χ3v) is 2.88. The first-order chi connectivity index (χ1) is 5.78. The van der Waals surface area contributed by atoms with Crippen molar-refractivity contribution < 1.29 is 0 Å². The lowest BCUT2D eigenvalue weighted by atomic mass is 9.98. The molecule has 0 bridgehead atoms. The molecule has 1 fully saturated rings. The van der Waals surface area contributed by atoms with E-state index in [1.54, 1.807) is 6.20 Å². The van der Waals surface area contributed by atoms with Crippen LogP contribution in [0.3, 0.4) is 0 Å². The molecule has 1 aliphatic carbocycles. The summed E-state index contributed by atoms with van der Waals surface area (Å²) in [6.45, 7) is 0.679. The first kappa shape index (κ1) is 8.02. The fourth-order valence-electron chi connectivity index (χ4n) is 1.52. The lowest BCUT2D eigenvalue weighted by Gasteiger charge is -2.12.